The molecule has 0 aromatic heterocycles. The largest absolute Gasteiger partial charge is 0.377 e. The SMILES string of the molecule is CCOCc1ccc(CCc2ccc(-c3ccc(C4CCC(C)CC4)c(F)c3F)cc2)c(F)c1. The summed E-state index contributed by atoms with van der Waals surface area (Å²) in [5.74, 6) is -0.921. The summed E-state index contributed by atoms with van der Waals surface area (Å²) in [6.45, 7) is 5.14. The standard InChI is InChI=1S/C30H33F3O/c1-3-34-19-22-9-15-25(28(31)18-22)14-8-21-6-12-24(13-7-21)27-17-16-26(29(32)30(27)33)23-10-4-20(2)5-11-23/h6-7,9,12-13,15-18,20,23H,3-5,8,10-11,14,19H2,1-2H3. The van der Waals surface area contributed by atoms with Gasteiger partial charge in [0.05, 0.1) is 6.61 Å². The lowest BCUT2D eigenvalue weighted by molar-refractivity contribution is 0.134. The van der Waals surface area contributed by atoms with Crippen LogP contribution >= 0.6 is 0 Å². The van der Waals surface area contributed by atoms with E-state index >= 15 is 0 Å². The molecule has 0 bridgehead atoms. The van der Waals surface area contributed by atoms with E-state index in [2.05, 4.69) is 6.92 Å². The van der Waals surface area contributed by atoms with Gasteiger partial charge in [0.15, 0.2) is 11.6 Å². The Bertz CT molecular complexity index is 1100. The van der Waals surface area contributed by atoms with E-state index in [1.165, 1.54) is 6.07 Å². The molecule has 0 unspecified atom stereocenters. The van der Waals surface area contributed by atoms with Crippen molar-refractivity contribution in [2.75, 3.05) is 6.61 Å². The van der Waals surface area contributed by atoms with Gasteiger partial charge in [-0.05, 0) is 78.3 Å². The highest BCUT2D eigenvalue weighted by Gasteiger charge is 2.25. The summed E-state index contributed by atoms with van der Waals surface area (Å²) in [7, 11) is 0. The Kier molecular flexibility index (Phi) is 8.10. The van der Waals surface area contributed by atoms with E-state index in [0.717, 1.165) is 36.8 Å². The van der Waals surface area contributed by atoms with Crippen molar-refractivity contribution in [2.24, 2.45) is 5.92 Å². The van der Waals surface area contributed by atoms with E-state index in [1.807, 2.05) is 43.3 Å². The molecule has 1 aliphatic carbocycles. The van der Waals surface area contributed by atoms with Gasteiger partial charge in [0, 0.05) is 12.2 Å². The molecule has 180 valence electrons. The Hall–Kier alpha value is -2.59. The molecular formula is C30H33F3O. The molecule has 0 saturated heterocycles. The maximum atomic E-state index is 15.0. The first-order valence-electron chi connectivity index (χ1n) is 12.4. The van der Waals surface area contributed by atoms with Crippen LogP contribution in [0.15, 0.2) is 54.6 Å². The molecule has 0 aliphatic heterocycles. The van der Waals surface area contributed by atoms with E-state index in [-0.39, 0.29) is 17.3 Å². The minimum absolute atomic E-state index is 0.107. The maximum Gasteiger partial charge on any atom is 0.166 e. The highest BCUT2D eigenvalue weighted by Crippen LogP contribution is 2.38. The summed E-state index contributed by atoms with van der Waals surface area (Å²) < 4.78 is 49.6. The van der Waals surface area contributed by atoms with Gasteiger partial charge >= 0.3 is 0 Å². The maximum absolute atomic E-state index is 15.0. The van der Waals surface area contributed by atoms with Crippen LogP contribution in [0.25, 0.3) is 11.1 Å². The molecule has 3 aromatic carbocycles. The smallest absolute Gasteiger partial charge is 0.166 e. The van der Waals surface area contributed by atoms with Crippen LogP contribution in [-0.2, 0) is 24.2 Å². The van der Waals surface area contributed by atoms with Crippen molar-refractivity contribution >= 4 is 0 Å². The van der Waals surface area contributed by atoms with Crippen molar-refractivity contribution in [3.8, 4) is 11.1 Å². The third-order valence-electron chi connectivity index (χ3n) is 7.11. The molecule has 1 nitrogen and oxygen atoms in total. The van der Waals surface area contributed by atoms with Gasteiger partial charge in [0.2, 0.25) is 0 Å². The van der Waals surface area contributed by atoms with Gasteiger partial charge in [0.1, 0.15) is 5.82 Å². The van der Waals surface area contributed by atoms with E-state index in [0.29, 0.717) is 48.7 Å². The van der Waals surface area contributed by atoms with E-state index in [4.69, 9.17) is 4.74 Å². The molecule has 1 saturated carbocycles. The molecule has 34 heavy (non-hydrogen) atoms. The van der Waals surface area contributed by atoms with Crippen LogP contribution in [0.3, 0.4) is 0 Å². The summed E-state index contributed by atoms with van der Waals surface area (Å²) in [6.07, 6.45) is 5.20. The van der Waals surface area contributed by atoms with Crippen molar-refractivity contribution in [3.05, 3.63) is 94.3 Å². The summed E-state index contributed by atoms with van der Waals surface area (Å²) in [6, 6.07) is 16.2. The van der Waals surface area contributed by atoms with Crippen LogP contribution in [0.2, 0.25) is 0 Å². The second kappa shape index (κ2) is 11.2. The Morgan fingerprint density at radius 1 is 0.794 bits per heavy atom. The average molecular weight is 467 g/mol. The van der Waals surface area contributed by atoms with Gasteiger partial charge < -0.3 is 4.74 Å². The van der Waals surface area contributed by atoms with Crippen molar-refractivity contribution < 1.29 is 17.9 Å². The van der Waals surface area contributed by atoms with Crippen LogP contribution in [0.4, 0.5) is 13.2 Å². The third-order valence-corrected chi connectivity index (χ3v) is 7.11. The van der Waals surface area contributed by atoms with Gasteiger partial charge in [-0.15, -0.1) is 0 Å². The molecule has 1 aliphatic rings. The Labute approximate surface area is 201 Å². The molecule has 0 N–H and O–H groups in total. The number of halogens is 3. The van der Waals surface area contributed by atoms with Crippen LogP contribution in [0, 0.1) is 23.4 Å². The number of hydrogen-bond acceptors (Lipinski definition) is 1. The number of rotatable bonds is 8. The first kappa shape index (κ1) is 24.5. The van der Waals surface area contributed by atoms with Crippen molar-refractivity contribution in [2.45, 2.75) is 64.9 Å². The summed E-state index contributed by atoms with van der Waals surface area (Å²) in [5, 5.41) is 0. The molecule has 4 rings (SSSR count). The van der Waals surface area contributed by atoms with Crippen molar-refractivity contribution in [1.82, 2.24) is 0 Å². The predicted octanol–water partition coefficient (Wildman–Crippen LogP) is 8.39. The van der Waals surface area contributed by atoms with Crippen LogP contribution in [0.1, 0.15) is 67.7 Å². The lowest BCUT2D eigenvalue weighted by Crippen LogP contribution is -2.13. The number of hydrogen-bond donors (Lipinski definition) is 0. The molecule has 0 spiro atoms. The molecular weight excluding hydrogens is 433 g/mol. The summed E-state index contributed by atoms with van der Waals surface area (Å²) >= 11 is 0. The average Bonchev–Trinajstić information content (AvgIpc) is 2.85. The van der Waals surface area contributed by atoms with Gasteiger partial charge in [-0.3, -0.25) is 0 Å². The summed E-state index contributed by atoms with van der Waals surface area (Å²) in [5.41, 5.74) is 3.95. The molecule has 0 radical (unpaired) electrons. The summed E-state index contributed by atoms with van der Waals surface area (Å²) in [4.78, 5) is 0. The quantitative estimate of drug-likeness (QED) is 0.324. The van der Waals surface area contributed by atoms with Crippen LogP contribution < -0.4 is 0 Å². The van der Waals surface area contributed by atoms with E-state index in [1.54, 1.807) is 12.1 Å². The Balaban J connectivity index is 1.42. The second-order valence-electron chi connectivity index (χ2n) is 9.55. The number of ether oxygens (including phenoxy) is 1. The zero-order chi connectivity index (χ0) is 24.1. The van der Waals surface area contributed by atoms with Gasteiger partial charge in [-0.2, -0.15) is 0 Å². The van der Waals surface area contributed by atoms with Gasteiger partial charge in [-0.25, -0.2) is 13.2 Å². The molecule has 4 heteroatoms. The molecule has 1 fully saturated rings. The Morgan fingerprint density at radius 2 is 1.50 bits per heavy atom. The fraction of sp³-hybridized carbons (Fsp3) is 0.400. The monoisotopic (exact) mass is 466 g/mol. The van der Waals surface area contributed by atoms with Crippen molar-refractivity contribution in [1.29, 1.82) is 0 Å². The highest BCUT2D eigenvalue weighted by molar-refractivity contribution is 5.65. The van der Waals surface area contributed by atoms with E-state index in [9.17, 15) is 13.2 Å². The topological polar surface area (TPSA) is 9.23 Å². The van der Waals surface area contributed by atoms with Crippen molar-refractivity contribution in [3.63, 3.8) is 0 Å². The third kappa shape index (κ3) is 5.72. The number of aryl methyl sites for hydroxylation is 2. The zero-order valence-electron chi connectivity index (χ0n) is 20.0. The fourth-order valence-electron chi connectivity index (χ4n) is 4.91. The van der Waals surface area contributed by atoms with Gasteiger partial charge in [0.25, 0.3) is 0 Å². The molecule has 0 atom stereocenters. The fourth-order valence-corrected chi connectivity index (χ4v) is 4.91. The minimum atomic E-state index is -0.766. The van der Waals surface area contributed by atoms with Crippen LogP contribution in [0.5, 0.6) is 0 Å². The first-order valence-corrected chi connectivity index (χ1v) is 12.4. The minimum Gasteiger partial charge on any atom is -0.377 e. The van der Waals surface area contributed by atoms with Gasteiger partial charge in [-0.1, -0.05) is 68.3 Å². The lowest BCUT2D eigenvalue weighted by Gasteiger charge is -2.27. The Morgan fingerprint density at radius 3 is 2.18 bits per heavy atom. The van der Waals surface area contributed by atoms with Crippen LogP contribution in [-0.4, -0.2) is 6.61 Å². The number of benzene rings is 3. The van der Waals surface area contributed by atoms with E-state index < -0.39 is 11.6 Å². The second-order valence-corrected chi connectivity index (χ2v) is 9.55. The molecule has 0 amide bonds. The molecule has 3 aromatic rings. The normalized spacial score (nSPS) is 18.3. The first-order chi connectivity index (χ1) is 16.5. The molecule has 0 heterocycles. The lowest BCUT2D eigenvalue weighted by atomic mass is 9.79. The highest BCUT2D eigenvalue weighted by atomic mass is 19.2. The zero-order valence-corrected chi connectivity index (χ0v) is 20.0. The predicted molar refractivity (Wildman–Crippen MR) is 131 cm³/mol.